The zero-order valence-electron chi connectivity index (χ0n) is 16.3. The maximum atomic E-state index is 5.94. The summed E-state index contributed by atoms with van der Waals surface area (Å²) >= 11 is 0. The second-order valence-electron chi connectivity index (χ2n) is 6.96. The van der Waals surface area contributed by atoms with Crippen LogP contribution in [-0.2, 0) is 4.74 Å². The Kier molecular flexibility index (Phi) is 5.91. The number of nitrogens with zero attached hydrogens (tertiary/aromatic N) is 1. The van der Waals surface area contributed by atoms with Crippen molar-refractivity contribution in [1.82, 2.24) is 5.32 Å². The van der Waals surface area contributed by atoms with Gasteiger partial charge in [0.05, 0.1) is 19.8 Å². The van der Waals surface area contributed by atoms with E-state index in [1.54, 1.807) is 14.2 Å². The minimum atomic E-state index is 0.296. The molecule has 3 rings (SSSR count). The third-order valence-corrected chi connectivity index (χ3v) is 5.70. The number of ether oxygens (including phenoxy) is 3. The standard InChI is InChI=1S/C20H31N3O3/c1-5-25-16-12-14(8-9-15(16)24-4)22-19(21-3)23-17-13-18(26-6-2)20(17)10-7-11-20/h8-9,12,17-18H,5-7,10-11,13H2,1-4H3,(H2,21,22,23). The number of hydrogen-bond donors (Lipinski definition) is 2. The monoisotopic (exact) mass is 361 g/mol. The number of benzene rings is 1. The predicted molar refractivity (Wildman–Crippen MR) is 104 cm³/mol. The molecule has 2 unspecified atom stereocenters. The van der Waals surface area contributed by atoms with E-state index in [-0.39, 0.29) is 0 Å². The molecule has 2 aliphatic carbocycles. The molecule has 6 heteroatoms. The van der Waals surface area contributed by atoms with E-state index in [4.69, 9.17) is 14.2 Å². The largest absolute Gasteiger partial charge is 0.493 e. The van der Waals surface area contributed by atoms with E-state index < -0.39 is 0 Å². The van der Waals surface area contributed by atoms with E-state index in [2.05, 4.69) is 22.5 Å². The molecule has 2 fully saturated rings. The van der Waals surface area contributed by atoms with E-state index in [9.17, 15) is 0 Å². The minimum Gasteiger partial charge on any atom is -0.493 e. The lowest BCUT2D eigenvalue weighted by Gasteiger charge is -2.61. The van der Waals surface area contributed by atoms with Crippen LogP contribution in [-0.4, -0.2) is 45.5 Å². The lowest BCUT2D eigenvalue weighted by atomic mass is 9.51. The first-order valence-electron chi connectivity index (χ1n) is 9.59. The van der Waals surface area contributed by atoms with Crippen LogP contribution in [0.2, 0.25) is 0 Å². The van der Waals surface area contributed by atoms with E-state index in [0.29, 0.717) is 24.2 Å². The molecule has 26 heavy (non-hydrogen) atoms. The van der Waals surface area contributed by atoms with Gasteiger partial charge >= 0.3 is 0 Å². The average molecular weight is 361 g/mol. The molecule has 1 aromatic rings. The van der Waals surface area contributed by atoms with Gasteiger partial charge in [0.25, 0.3) is 0 Å². The van der Waals surface area contributed by atoms with Crippen LogP contribution in [0.4, 0.5) is 5.69 Å². The van der Waals surface area contributed by atoms with Crippen LogP contribution in [0.25, 0.3) is 0 Å². The summed E-state index contributed by atoms with van der Waals surface area (Å²) in [6, 6.07) is 6.24. The van der Waals surface area contributed by atoms with Crippen LogP contribution in [0, 0.1) is 5.41 Å². The fourth-order valence-corrected chi connectivity index (χ4v) is 4.12. The number of nitrogens with one attached hydrogen (secondary N) is 2. The van der Waals surface area contributed by atoms with Crippen molar-refractivity contribution >= 4 is 11.6 Å². The Balaban J connectivity index is 1.65. The molecule has 0 amide bonds. The molecular weight excluding hydrogens is 330 g/mol. The maximum absolute atomic E-state index is 5.94. The van der Waals surface area contributed by atoms with E-state index in [1.807, 2.05) is 25.1 Å². The highest BCUT2D eigenvalue weighted by Gasteiger charge is 2.59. The lowest BCUT2D eigenvalue weighted by Crippen LogP contribution is -2.68. The number of anilines is 1. The molecular formula is C20H31N3O3. The molecule has 0 radical (unpaired) electrons. The van der Waals surface area contributed by atoms with Gasteiger partial charge in [0.15, 0.2) is 17.5 Å². The number of hydrogen-bond acceptors (Lipinski definition) is 4. The smallest absolute Gasteiger partial charge is 0.195 e. The number of guanidine groups is 1. The molecule has 6 nitrogen and oxygen atoms in total. The third-order valence-electron chi connectivity index (χ3n) is 5.70. The first-order chi connectivity index (χ1) is 12.7. The van der Waals surface area contributed by atoms with Gasteiger partial charge in [0, 0.05) is 36.9 Å². The Morgan fingerprint density at radius 2 is 2.04 bits per heavy atom. The van der Waals surface area contributed by atoms with Crippen molar-refractivity contribution in [3.63, 3.8) is 0 Å². The number of aliphatic imine (C=N–C) groups is 1. The van der Waals surface area contributed by atoms with Crippen molar-refractivity contribution in [2.24, 2.45) is 10.4 Å². The third kappa shape index (κ3) is 3.47. The topological polar surface area (TPSA) is 64.1 Å². The van der Waals surface area contributed by atoms with Crippen molar-refractivity contribution in [1.29, 1.82) is 0 Å². The Hall–Kier alpha value is -1.95. The molecule has 144 valence electrons. The Morgan fingerprint density at radius 3 is 2.62 bits per heavy atom. The summed E-state index contributed by atoms with van der Waals surface area (Å²) in [4.78, 5) is 4.40. The van der Waals surface area contributed by atoms with Crippen molar-refractivity contribution in [3.05, 3.63) is 18.2 Å². The van der Waals surface area contributed by atoms with Crippen LogP contribution >= 0.6 is 0 Å². The quantitative estimate of drug-likeness (QED) is 0.575. The van der Waals surface area contributed by atoms with Crippen LogP contribution in [0.5, 0.6) is 11.5 Å². The second-order valence-corrected chi connectivity index (χ2v) is 6.96. The lowest BCUT2D eigenvalue weighted by molar-refractivity contribution is -0.168. The fourth-order valence-electron chi connectivity index (χ4n) is 4.12. The first kappa shape index (κ1) is 18.8. The highest BCUT2D eigenvalue weighted by molar-refractivity contribution is 5.94. The fraction of sp³-hybridized carbons (Fsp3) is 0.650. The van der Waals surface area contributed by atoms with Gasteiger partial charge < -0.3 is 24.8 Å². The van der Waals surface area contributed by atoms with Gasteiger partial charge in [-0.2, -0.15) is 0 Å². The number of methoxy groups -OCH3 is 1. The molecule has 1 aromatic carbocycles. The highest BCUT2D eigenvalue weighted by Crippen LogP contribution is 2.57. The summed E-state index contributed by atoms with van der Waals surface area (Å²) < 4.78 is 16.9. The van der Waals surface area contributed by atoms with Gasteiger partial charge in [0.1, 0.15) is 0 Å². The van der Waals surface area contributed by atoms with Crippen LogP contribution in [0.3, 0.4) is 0 Å². The normalized spacial score (nSPS) is 23.8. The van der Waals surface area contributed by atoms with Crippen molar-refractivity contribution in [2.45, 2.75) is 51.7 Å². The molecule has 2 aliphatic rings. The van der Waals surface area contributed by atoms with Gasteiger partial charge in [-0.25, -0.2) is 0 Å². The molecule has 0 aromatic heterocycles. The molecule has 0 heterocycles. The summed E-state index contributed by atoms with van der Waals surface area (Å²) in [5, 5.41) is 6.97. The zero-order chi connectivity index (χ0) is 18.6. The van der Waals surface area contributed by atoms with Crippen LogP contribution in [0.15, 0.2) is 23.2 Å². The first-order valence-corrected chi connectivity index (χ1v) is 9.59. The van der Waals surface area contributed by atoms with E-state index in [1.165, 1.54) is 19.3 Å². The molecule has 2 saturated carbocycles. The maximum Gasteiger partial charge on any atom is 0.195 e. The molecule has 0 saturated heterocycles. The van der Waals surface area contributed by atoms with E-state index >= 15 is 0 Å². The van der Waals surface area contributed by atoms with Gasteiger partial charge in [-0.05, 0) is 45.2 Å². The van der Waals surface area contributed by atoms with Gasteiger partial charge in [-0.1, -0.05) is 6.42 Å². The minimum absolute atomic E-state index is 0.296. The van der Waals surface area contributed by atoms with Gasteiger partial charge in [-0.15, -0.1) is 0 Å². The summed E-state index contributed by atoms with van der Waals surface area (Å²) in [6.45, 7) is 5.42. The predicted octanol–water partition coefficient (Wildman–Crippen LogP) is 3.43. The summed E-state index contributed by atoms with van der Waals surface area (Å²) in [5.74, 6) is 2.24. The molecule has 2 atom stereocenters. The zero-order valence-corrected chi connectivity index (χ0v) is 16.3. The Bertz CT molecular complexity index is 643. The van der Waals surface area contributed by atoms with Crippen molar-refractivity contribution < 1.29 is 14.2 Å². The van der Waals surface area contributed by atoms with Crippen molar-refractivity contribution in [3.8, 4) is 11.5 Å². The van der Waals surface area contributed by atoms with E-state index in [0.717, 1.165) is 36.2 Å². The summed E-state index contributed by atoms with van der Waals surface area (Å²) in [7, 11) is 3.45. The van der Waals surface area contributed by atoms with Crippen LogP contribution < -0.4 is 20.1 Å². The molecule has 2 N–H and O–H groups in total. The molecule has 0 aliphatic heterocycles. The Morgan fingerprint density at radius 1 is 1.23 bits per heavy atom. The Labute approximate surface area is 156 Å². The van der Waals surface area contributed by atoms with Gasteiger partial charge in [-0.3, -0.25) is 4.99 Å². The van der Waals surface area contributed by atoms with Crippen molar-refractivity contribution in [2.75, 3.05) is 32.7 Å². The highest BCUT2D eigenvalue weighted by atomic mass is 16.5. The van der Waals surface area contributed by atoms with Gasteiger partial charge in [0.2, 0.25) is 0 Å². The van der Waals surface area contributed by atoms with Crippen LogP contribution in [0.1, 0.15) is 39.5 Å². The molecule has 1 spiro atoms. The molecule has 0 bridgehead atoms. The summed E-state index contributed by atoms with van der Waals surface area (Å²) in [6.07, 6.45) is 5.21. The summed E-state index contributed by atoms with van der Waals surface area (Å²) in [5.41, 5.74) is 1.22. The second kappa shape index (κ2) is 8.16. The SMILES string of the molecule is CCOc1cc(NC(=NC)NC2CC(OCC)C23CCC3)ccc1OC. The average Bonchev–Trinajstić information content (AvgIpc) is 2.59. The number of rotatable bonds is 7.